The Morgan fingerprint density at radius 1 is 0.742 bits per heavy atom. The first-order valence-corrected chi connectivity index (χ1v) is 13.2. The summed E-state index contributed by atoms with van der Waals surface area (Å²) in [6.07, 6.45) is 6.96. The number of thioether (sulfide) groups is 1. The zero-order chi connectivity index (χ0) is 22.1. The monoisotopic (exact) mass is 442 g/mol. The van der Waals surface area contributed by atoms with Crippen LogP contribution in [0.25, 0.3) is 11.1 Å². The molecule has 0 saturated carbocycles. The van der Waals surface area contributed by atoms with Crippen molar-refractivity contribution in [2.24, 2.45) is 0 Å². The molecule has 3 heteroatoms. The number of allylic oxidation sites excluding steroid dienone is 2. The molecule has 0 aliphatic carbocycles. The van der Waals surface area contributed by atoms with Gasteiger partial charge in [-0.3, -0.25) is 0 Å². The Labute approximate surface area is 197 Å². The van der Waals surface area contributed by atoms with Gasteiger partial charge in [0.05, 0.1) is 0 Å². The van der Waals surface area contributed by atoms with Crippen LogP contribution in [0.15, 0.2) is 94.7 Å². The normalized spacial score (nSPS) is 12.2. The maximum absolute atomic E-state index is 2.32. The first-order valence-electron chi connectivity index (χ1n) is 11.0. The van der Waals surface area contributed by atoms with E-state index in [1.807, 2.05) is 11.8 Å². The van der Waals surface area contributed by atoms with E-state index < -0.39 is 0 Å². The summed E-state index contributed by atoms with van der Waals surface area (Å²) in [6, 6.07) is 26.8. The van der Waals surface area contributed by atoms with E-state index in [0.29, 0.717) is 0 Å². The Balaban J connectivity index is 1.86. The van der Waals surface area contributed by atoms with Crippen LogP contribution in [-0.4, -0.2) is 12.9 Å². The molecule has 3 aromatic carbocycles. The largest absolute Gasteiger partial charge is 0.186 e. The molecular formula is C28H31BS2. The summed E-state index contributed by atoms with van der Waals surface area (Å²) in [5, 5.41) is 0. The Hall–Kier alpha value is -2.10. The molecule has 0 aliphatic rings. The van der Waals surface area contributed by atoms with Crippen molar-refractivity contribution in [2.45, 2.75) is 43.4 Å². The number of hydrogen-bond acceptors (Lipinski definition) is 2. The van der Waals surface area contributed by atoms with Gasteiger partial charge in [0, 0.05) is 4.90 Å². The average molecular weight is 443 g/mol. The summed E-state index contributed by atoms with van der Waals surface area (Å²) in [5.74, 6) is 1.19. The lowest BCUT2D eigenvalue weighted by Crippen LogP contribution is -1.92. The maximum Gasteiger partial charge on any atom is 0.180 e. The van der Waals surface area contributed by atoms with Crippen molar-refractivity contribution in [3.8, 4) is 0 Å². The Morgan fingerprint density at radius 2 is 1.26 bits per heavy atom. The Bertz CT molecular complexity index is 1030. The molecule has 0 unspecified atom stereocenters. The summed E-state index contributed by atoms with van der Waals surface area (Å²) >= 11 is 3.73. The molecule has 158 valence electrons. The minimum Gasteiger partial charge on any atom is -0.186 e. The highest BCUT2D eigenvalue weighted by atomic mass is 32.2. The molecule has 0 aliphatic heterocycles. The van der Waals surface area contributed by atoms with Crippen molar-refractivity contribution in [1.29, 1.82) is 0 Å². The molecule has 0 N–H and O–H groups in total. The lowest BCUT2D eigenvalue weighted by Gasteiger charge is -2.13. The minimum absolute atomic E-state index is 1.19. The number of hydrogen-bond donors (Lipinski definition) is 0. The predicted octanol–water partition coefficient (Wildman–Crippen LogP) is 8.12. The van der Waals surface area contributed by atoms with E-state index >= 15 is 0 Å². The van der Waals surface area contributed by atoms with Gasteiger partial charge >= 0.3 is 0 Å². The van der Waals surface area contributed by atoms with Crippen molar-refractivity contribution in [3.63, 3.8) is 0 Å². The molecule has 0 nitrogen and oxygen atoms in total. The molecule has 0 fully saturated rings. The molecule has 0 aromatic heterocycles. The second-order valence-corrected chi connectivity index (χ2v) is 9.49. The van der Waals surface area contributed by atoms with Gasteiger partial charge in [-0.1, -0.05) is 68.0 Å². The zero-order valence-corrected chi connectivity index (χ0v) is 20.7. The highest BCUT2D eigenvalue weighted by Crippen LogP contribution is 2.31. The van der Waals surface area contributed by atoms with Crippen molar-refractivity contribution in [3.05, 3.63) is 107 Å². The first-order chi connectivity index (χ1) is 15.2. The van der Waals surface area contributed by atoms with Gasteiger partial charge in [0.1, 0.15) is 0 Å². The number of unbranched alkanes of at least 4 members (excludes halogenated alkanes) is 1. The smallest absolute Gasteiger partial charge is 0.180 e. The average Bonchev–Trinajstić information content (AvgIpc) is 2.82. The van der Waals surface area contributed by atoms with Gasteiger partial charge in [-0.15, -0.1) is 11.8 Å². The molecule has 31 heavy (non-hydrogen) atoms. The van der Waals surface area contributed by atoms with Crippen LogP contribution in [0.2, 0.25) is 0 Å². The molecule has 0 radical (unpaired) electrons. The van der Waals surface area contributed by atoms with Crippen LogP contribution in [0.4, 0.5) is 0 Å². The van der Waals surface area contributed by atoms with Crippen molar-refractivity contribution >= 4 is 41.6 Å². The lowest BCUT2D eigenvalue weighted by molar-refractivity contribution is 0.896. The second kappa shape index (κ2) is 12.1. The van der Waals surface area contributed by atoms with Gasteiger partial charge in [0.2, 0.25) is 0 Å². The number of rotatable bonds is 9. The molecule has 0 bridgehead atoms. The number of benzene rings is 3. The van der Waals surface area contributed by atoms with E-state index in [0.717, 1.165) is 0 Å². The van der Waals surface area contributed by atoms with Crippen LogP contribution in [0.1, 0.15) is 55.9 Å². The van der Waals surface area contributed by atoms with Gasteiger partial charge in [-0.05, 0) is 94.6 Å². The fourth-order valence-corrected chi connectivity index (χ4v) is 5.10. The summed E-state index contributed by atoms with van der Waals surface area (Å²) in [5.41, 5.74) is 7.58. The van der Waals surface area contributed by atoms with Crippen LogP contribution in [0.5, 0.6) is 0 Å². The van der Waals surface area contributed by atoms with E-state index in [-0.39, 0.29) is 0 Å². The standard InChI is InChI=1S/C28H31BS2/c1-4-7-19-30-25-15-11-21(12-16-25)27(5-2)23-9-8-10-24(20-23)28(6-3)22-13-17-26(31-29)18-14-22/h5-6,8-18,20H,4,7,19,29H2,1-3H3/b27-5-,28-6+. The highest BCUT2D eigenvalue weighted by molar-refractivity contribution is 8.19. The third kappa shape index (κ3) is 6.21. The molecule has 0 saturated heterocycles. The SMILES string of the molecule is BSc1ccc(/C(=C\C)c2cccc(/C(=C\C)c3ccc(SCCCC)cc3)c2)cc1. The molecule has 0 heterocycles. The molecule has 0 atom stereocenters. The second-order valence-electron chi connectivity index (χ2n) is 7.44. The van der Waals surface area contributed by atoms with E-state index in [4.69, 9.17) is 0 Å². The minimum atomic E-state index is 1.19. The molecule has 3 aromatic rings. The predicted molar refractivity (Wildman–Crippen MR) is 145 cm³/mol. The summed E-state index contributed by atoms with van der Waals surface area (Å²) < 4.78 is 0. The molecule has 0 spiro atoms. The van der Waals surface area contributed by atoms with Crippen LogP contribution in [0, 0.1) is 0 Å². The molecular weight excluding hydrogens is 411 g/mol. The van der Waals surface area contributed by atoms with Gasteiger partial charge in [-0.25, -0.2) is 0 Å². The Kier molecular flexibility index (Phi) is 9.18. The van der Waals surface area contributed by atoms with Crippen molar-refractivity contribution in [2.75, 3.05) is 5.75 Å². The van der Waals surface area contributed by atoms with E-state index in [9.17, 15) is 0 Å². The van der Waals surface area contributed by atoms with Crippen LogP contribution in [-0.2, 0) is 0 Å². The first kappa shape index (κ1) is 23.6. The van der Waals surface area contributed by atoms with Gasteiger partial charge in [0.25, 0.3) is 0 Å². The van der Waals surface area contributed by atoms with E-state index in [2.05, 4.69) is 113 Å². The Morgan fingerprint density at radius 3 is 1.71 bits per heavy atom. The molecule has 3 rings (SSSR count). The van der Waals surface area contributed by atoms with Crippen LogP contribution in [0.3, 0.4) is 0 Å². The van der Waals surface area contributed by atoms with Crippen molar-refractivity contribution < 1.29 is 0 Å². The quantitative estimate of drug-likeness (QED) is 0.186. The lowest BCUT2D eigenvalue weighted by atomic mass is 9.92. The maximum atomic E-state index is 2.32. The van der Waals surface area contributed by atoms with Crippen LogP contribution >= 0.6 is 23.4 Å². The van der Waals surface area contributed by atoms with Crippen LogP contribution < -0.4 is 0 Å². The van der Waals surface area contributed by atoms with Crippen molar-refractivity contribution in [1.82, 2.24) is 0 Å². The topological polar surface area (TPSA) is 0 Å². The third-order valence-electron chi connectivity index (χ3n) is 5.39. The highest BCUT2D eigenvalue weighted by Gasteiger charge is 2.09. The summed E-state index contributed by atoms with van der Waals surface area (Å²) in [7, 11) is 2.12. The molecule has 0 amide bonds. The fourth-order valence-electron chi connectivity index (χ4n) is 3.69. The zero-order valence-electron chi connectivity index (χ0n) is 19.0. The van der Waals surface area contributed by atoms with Gasteiger partial charge in [0.15, 0.2) is 7.12 Å². The van der Waals surface area contributed by atoms with E-state index in [1.165, 1.54) is 61.8 Å². The van der Waals surface area contributed by atoms with Gasteiger partial charge < -0.3 is 0 Å². The summed E-state index contributed by atoms with van der Waals surface area (Å²) in [6.45, 7) is 6.49. The summed E-state index contributed by atoms with van der Waals surface area (Å²) in [4.78, 5) is 2.65. The van der Waals surface area contributed by atoms with Gasteiger partial charge in [-0.2, -0.15) is 11.6 Å². The van der Waals surface area contributed by atoms with E-state index in [1.54, 1.807) is 11.6 Å². The fraction of sp³-hybridized carbons (Fsp3) is 0.214. The third-order valence-corrected chi connectivity index (χ3v) is 7.24.